The second kappa shape index (κ2) is 4.84. The molecule has 0 aromatic heterocycles. The lowest BCUT2D eigenvalue weighted by Crippen LogP contribution is -2.10. The average molecular weight is 268 g/mol. The Kier molecular flexibility index (Phi) is 3.38. The maximum Gasteiger partial charge on any atom is 0.199 e. The van der Waals surface area contributed by atoms with Crippen LogP contribution in [0.25, 0.3) is 0 Å². The monoisotopic (exact) mass is 268 g/mol. The molecule has 0 saturated carbocycles. The number of halogens is 4. The van der Waals surface area contributed by atoms with Crippen LogP contribution in [0.4, 0.5) is 17.6 Å². The summed E-state index contributed by atoms with van der Waals surface area (Å²) in [6.07, 6.45) is 0. The molecular formula is C14H8F4O. The van der Waals surface area contributed by atoms with E-state index in [0.717, 1.165) is 18.2 Å². The molecule has 0 heterocycles. The van der Waals surface area contributed by atoms with Crippen LogP contribution in [0, 0.1) is 30.2 Å². The molecule has 0 saturated heterocycles. The van der Waals surface area contributed by atoms with E-state index in [2.05, 4.69) is 0 Å². The minimum atomic E-state index is -1.29. The van der Waals surface area contributed by atoms with Crippen LogP contribution >= 0.6 is 0 Å². The van der Waals surface area contributed by atoms with Crippen LogP contribution in [0.15, 0.2) is 30.3 Å². The first-order valence-corrected chi connectivity index (χ1v) is 5.35. The van der Waals surface area contributed by atoms with Crippen molar-refractivity contribution in [1.29, 1.82) is 0 Å². The molecule has 19 heavy (non-hydrogen) atoms. The molecule has 98 valence electrons. The SMILES string of the molecule is Cc1cc(F)ccc1C(=O)c1c(F)cc(F)cc1F. The van der Waals surface area contributed by atoms with Gasteiger partial charge in [-0.2, -0.15) is 0 Å². The van der Waals surface area contributed by atoms with Crippen LogP contribution in [0.3, 0.4) is 0 Å². The molecule has 0 radical (unpaired) electrons. The van der Waals surface area contributed by atoms with Crippen molar-refractivity contribution < 1.29 is 22.4 Å². The van der Waals surface area contributed by atoms with E-state index >= 15 is 0 Å². The molecule has 2 aromatic rings. The van der Waals surface area contributed by atoms with Gasteiger partial charge in [-0.3, -0.25) is 4.79 Å². The Morgan fingerprint density at radius 3 is 2.00 bits per heavy atom. The summed E-state index contributed by atoms with van der Waals surface area (Å²) in [6.45, 7) is 1.44. The Balaban J connectivity index is 2.56. The van der Waals surface area contributed by atoms with Gasteiger partial charge in [0.05, 0.1) is 5.56 Å². The third-order valence-corrected chi connectivity index (χ3v) is 2.67. The zero-order chi connectivity index (χ0) is 14.2. The highest BCUT2D eigenvalue weighted by atomic mass is 19.1. The van der Waals surface area contributed by atoms with Crippen molar-refractivity contribution in [3.63, 3.8) is 0 Å². The van der Waals surface area contributed by atoms with E-state index in [1.54, 1.807) is 0 Å². The predicted molar refractivity (Wildman–Crippen MR) is 60.9 cm³/mol. The number of benzene rings is 2. The minimum Gasteiger partial charge on any atom is -0.288 e. The van der Waals surface area contributed by atoms with Crippen molar-refractivity contribution in [1.82, 2.24) is 0 Å². The summed E-state index contributed by atoms with van der Waals surface area (Å²) in [5.41, 5.74) is -0.643. The zero-order valence-corrected chi connectivity index (χ0v) is 9.81. The molecule has 0 bridgehead atoms. The van der Waals surface area contributed by atoms with Crippen molar-refractivity contribution >= 4 is 5.78 Å². The van der Waals surface area contributed by atoms with Crippen LogP contribution in [0.1, 0.15) is 21.5 Å². The lowest BCUT2D eigenvalue weighted by Gasteiger charge is -2.07. The van der Waals surface area contributed by atoms with Crippen LogP contribution in [-0.2, 0) is 0 Å². The van der Waals surface area contributed by atoms with Crippen LogP contribution in [-0.4, -0.2) is 5.78 Å². The predicted octanol–water partition coefficient (Wildman–Crippen LogP) is 3.78. The van der Waals surface area contributed by atoms with Gasteiger partial charge in [-0.25, -0.2) is 17.6 Å². The molecule has 0 aliphatic heterocycles. The van der Waals surface area contributed by atoms with E-state index in [0.29, 0.717) is 12.1 Å². The summed E-state index contributed by atoms with van der Waals surface area (Å²) in [4.78, 5) is 12.0. The molecule has 0 spiro atoms. The summed E-state index contributed by atoms with van der Waals surface area (Å²) < 4.78 is 52.6. The first-order valence-electron chi connectivity index (χ1n) is 5.35. The fourth-order valence-corrected chi connectivity index (χ4v) is 1.78. The van der Waals surface area contributed by atoms with Crippen LogP contribution < -0.4 is 0 Å². The molecule has 1 nitrogen and oxygen atoms in total. The summed E-state index contributed by atoms with van der Waals surface area (Å²) in [5, 5.41) is 0. The molecular weight excluding hydrogens is 260 g/mol. The van der Waals surface area contributed by atoms with E-state index in [4.69, 9.17) is 0 Å². The van der Waals surface area contributed by atoms with Gasteiger partial charge >= 0.3 is 0 Å². The van der Waals surface area contributed by atoms with Gasteiger partial charge in [-0.05, 0) is 30.7 Å². The number of ketones is 1. The van der Waals surface area contributed by atoms with Crippen LogP contribution in [0.2, 0.25) is 0 Å². The number of carbonyl (C=O) groups is 1. The topological polar surface area (TPSA) is 17.1 Å². The van der Waals surface area contributed by atoms with Gasteiger partial charge in [0.15, 0.2) is 5.78 Å². The highest BCUT2D eigenvalue weighted by molar-refractivity contribution is 6.10. The summed E-state index contributed by atoms with van der Waals surface area (Å²) in [5.74, 6) is -5.19. The number of hydrogen-bond acceptors (Lipinski definition) is 1. The quantitative estimate of drug-likeness (QED) is 0.598. The molecule has 5 heteroatoms. The minimum absolute atomic E-state index is 0.0363. The highest BCUT2D eigenvalue weighted by Crippen LogP contribution is 2.21. The van der Waals surface area contributed by atoms with Crippen molar-refractivity contribution in [3.8, 4) is 0 Å². The molecule has 0 fully saturated rings. The number of hydrogen-bond donors (Lipinski definition) is 0. The van der Waals surface area contributed by atoms with Crippen molar-refractivity contribution in [3.05, 3.63) is 70.3 Å². The van der Waals surface area contributed by atoms with E-state index in [1.807, 2.05) is 0 Å². The molecule has 0 atom stereocenters. The van der Waals surface area contributed by atoms with Gasteiger partial charge in [0.1, 0.15) is 23.3 Å². The van der Waals surface area contributed by atoms with Gasteiger partial charge in [-0.15, -0.1) is 0 Å². The van der Waals surface area contributed by atoms with Gasteiger partial charge in [0.25, 0.3) is 0 Å². The maximum absolute atomic E-state index is 13.5. The third-order valence-electron chi connectivity index (χ3n) is 2.67. The van der Waals surface area contributed by atoms with Crippen molar-refractivity contribution in [2.75, 3.05) is 0 Å². The second-order valence-corrected chi connectivity index (χ2v) is 4.03. The molecule has 0 unspecified atom stereocenters. The molecule has 2 rings (SSSR count). The fourth-order valence-electron chi connectivity index (χ4n) is 1.78. The molecule has 0 N–H and O–H groups in total. The Morgan fingerprint density at radius 1 is 0.895 bits per heavy atom. The van der Waals surface area contributed by atoms with E-state index < -0.39 is 34.6 Å². The highest BCUT2D eigenvalue weighted by Gasteiger charge is 2.21. The maximum atomic E-state index is 13.5. The Bertz CT molecular complexity index is 641. The first-order chi connectivity index (χ1) is 8.90. The Labute approximate surface area is 106 Å². The summed E-state index contributed by atoms with van der Waals surface area (Å²) in [7, 11) is 0. The summed E-state index contributed by atoms with van der Waals surface area (Å²) >= 11 is 0. The lowest BCUT2D eigenvalue weighted by atomic mass is 9.98. The van der Waals surface area contributed by atoms with E-state index in [9.17, 15) is 22.4 Å². The second-order valence-electron chi connectivity index (χ2n) is 4.03. The first kappa shape index (κ1) is 13.3. The average Bonchev–Trinajstić information content (AvgIpc) is 2.26. The Morgan fingerprint density at radius 2 is 1.47 bits per heavy atom. The third kappa shape index (κ3) is 2.50. The molecule has 2 aromatic carbocycles. The number of carbonyl (C=O) groups excluding carboxylic acids is 1. The van der Waals surface area contributed by atoms with Crippen molar-refractivity contribution in [2.45, 2.75) is 6.92 Å². The number of rotatable bonds is 2. The standard InChI is InChI=1S/C14H8F4O/c1-7-4-8(15)2-3-10(7)14(19)13-11(17)5-9(16)6-12(13)18/h2-6H,1H3. The van der Waals surface area contributed by atoms with E-state index in [-0.39, 0.29) is 11.1 Å². The van der Waals surface area contributed by atoms with Gasteiger partial charge in [0.2, 0.25) is 0 Å². The smallest absolute Gasteiger partial charge is 0.199 e. The lowest BCUT2D eigenvalue weighted by molar-refractivity contribution is 0.103. The van der Waals surface area contributed by atoms with Gasteiger partial charge < -0.3 is 0 Å². The van der Waals surface area contributed by atoms with Crippen LogP contribution in [0.5, 0.6) is 0 Å². The van der Waals surface area contributed by atoms with Gasteiger partial charge in [0, 0.05) is 17.7 Å². The normalized spacial score (nSPS) is 10.6. The van der Waals surface area contributed by atoms with Crippen molar-refractivity contribution in [2.24, 2.45) is 0 Å². The van der Waals surface area contributed by atoms with Gasteiger partial charge in [-0.1, -0.05) is 0 Å². The zero-order valence-electron chi connectivity index (χ0n) is 9.81. The fraction of sp³-hybridized carbons (Fsp3) is 0.0714. The molecule has 0 aliphatic rings. The molecule has 0 aliphatic carbocycles. The van der Waals surface area contributed by atoms with E-state index in [1.165, 1.54) is 6.92 Å². The summed E-state index contributed by atoms with van der Waals surface area (Å²) in [6, 6.07) is 4.08. The molecule has 0 amide bonds. The Hall–Kier alpha value is -2.17. The number of aryl methyl sites for hydroxylation is 1. The largest absolute Gasteiger partial charge is 0.288 e.